The average molecular weight is 508 g/mol. The summed E-state index contributed by atoms with van der Waals surface area (Å²) in [6.07, 6.45) is 5.45. The van der Waals surface area contributed by atoms with Gasteiger partial charge in [0.05, 0.1) is 11.3 Å². The van der Waals surface area contributed by atoms with E-state index in [9.17, 15) is 14.0 Å². The van der Waals surface area contributed by atoms with Gasteiger partial charge in [-0.25, -0.2) is 4.39 Å². The van der Waals surface area contributed by atoms with Crippen molar-refractivity contribution in [1.82, 2.24) is 14.4 Å². The predicted molar refractivity (Wildman–Crippen MR) is 140 cm³/mol. The summed E-state index contributed by atoms with van der Waals surface area (Å²) in [4.78, 5) is 30.4. The van der Waals surface area contributed by atoms with E-state index in [0.717, 1.165) is 42.6 Å². The van der Waals surface area contributed by atoms with E-state index in [1.165, 1.54) is 18.6 Å². The van der Waals surface area contributed by atoms with E-state index in [4.69, 9.17) is 11.6 Å². The normalized spacial score (nSPS) is 16.9. The van der Waals surface area contributed by atoms with Crippen LogP contribution in [0.1, 0.15) is 48.2 Å². The van der Waals surface area contributed by atoms with E-state index in [1.54, 1.807) is 18.2 Å². The van der Waals surface area contributed by atoms with Gasteiger partial charge in [0.25, 0.3) is 5.91 Å². The van der Waals surface area contributed by atoms with Crippen molar-refractivity contribution in [3.8, 4) is 16.9 Å². The van der Waals surface area contributed by atoms with Crippen LogP contribution in [-0.4, -0.2) is 52.4 Å². The summed E-state index contributed by atoms with van der Waals surface area (Å²) in [6, 6.07) is 15.7. The maximum Gasteiger partial charge on any atom is 0.255 e. The lowest BCUT2D eigenvalue weighted by Crippen LogP contribution is -2.52. The highest BCUT2D eigenvalue weighted by atomic mass is 35.5. The molecule has 1 aliphatic carbocycles. The van der Waals surface area contributed by atoms with Gasteiger partial charge in [0, 0.05) is 48.5 Å². The molecule has 1 aromatic heterocycles. The summed E-state index contributed by atoms with van der Waals surface area (Å²) in [6.45, 7) is 4.04. The largest absolute Gasteiger partial charge is 0.339 e. The third-order valence-electron chi connectivity index (χ3n) is 7.52. The molecule has 0 bridgehead atoms. The zero-order valence-electron chi connectivity index (χ0n) is 20.6. The molecule has 2 amide bonds. The molecule has 1 aliphatic heterocycles. The Morgan fingerprint density at radius 2 is 1.56 bits per heavy atom. The van der Waals surface area contributed by atoms with Gasteiger partial charge in [-0.3, -0.25) is 9.59 Å². The zero-order valence-corrected chi connectivity index (χ0v) is 21.3. The Balaban J connectivity index is 1.40. The highest BCUT2D eigenvalue weighted by molar-refractivity contribution is 6.30. The fourth-order valence-corrected chi connectivity index (χ4v) is 5.64. The van der Waals surface area contributed by atoms with Crippen LogP contribution in [0.3, 0.4) is 0 Å². The van der Waals surface area contributed by atoms with Crippen LogP contribution in [0.15, 0.2) is 54.6 Å². The molecule has 1 saturated heterocycles. The molecule has 2 aromatic carbocycles. The second-order valence-electron chi connectivity index (χ2n) is 9.80. The number of nitrogens with zero attached hydrogens (tertiary/aromatic N) is 3. The summed E-state index contributed by atoms with van der Waals surface area (Å²) in [5.41, 5.74) is 3.66. The Labute approximate surface area is 216 Å². The molecule has 2 aliphatic rings. The van der Waals surface area contributed by atoms with Gasteiger partial charge in [-0.1, -0.05) is 49.1 Å². The van der Waals surface area contributed by atoms with Crippen molar-refractivity contribution >= 4 is 23.4 Å². The second-order valence-corrected chi connectivity index (χ2v) is 10.2. The van der Waals surface area contributed by atoms with Crippen LogP contribution in [0.2, 0.25) is 5.02 Å². The average Bonchev–Trinajstić information content (AvgIpc) is 3.25. The molecule has 2 fully saturated rings. The molecule has 188 valence electrons. The van der Waals surface area contributed by atoms with Gasteiger partial charge in [-0.2, -0.15) is 0 Å². The summed E-state index contributed by atoms with van der Waals surface area (Å²) in [5, 5.41) is 0.622. The van der Waals surface area contributed by atoms with Gasteiger partial charge in [0.2, 0.25) is 5.91 Å². The lowest BCUT2D eigenvalue weighted by molar-refractivity contribution is -0.138. The molecule has 0 N–H and O–H groups in total. The Bertz CT molecular complexity index is 1260. The number of piperazine rings is 1. The summed E-state index contributed by atoms with van der Waals surface area (Å²) in [7, 11) is 0. The van der Waals surface area contributed by atoms with Crippen molar-refractivity contribution in [3.05, 3.63) is 76.7 Å². The molecular formula is C29H31ClFN3O2. The molecule has 2 heterocycles. The maximum atomic E-state index is 14.1. The molecule has 0 radical (unpaired) electrons. The molecule has 1 saturated carbocycles. The second kappa shape index (κ2) is 10.5. The molecule has 3 aromatic rings. The highest BCUT2D eigenvalue weighted by Crippen LogP contribution is 2.32. The van der Waals surface area contributed by atoms with Crippen LogP contribution in [0.4, 0.5) is 4.39 Å². The lowest BCUT2D eigenvalue weighted by Gasteiger charge is -2.37. The van der Waals surface area contributed by atoms with Crippen LogP contribution in [0, 0.1) is 18.7 Å². The van der Waals surface area contributed by atoms with Crippen molar-refractivity contribution in [1.29, 1.82) is 0 Å². The smallest absolute Gasteiger partial charge is 0.255 e. The maximum absolute atomic E-state index is 14.1. The van der Waals surface area contributed by atoms with Gasteiger partial charge in [-0.15, -0.1) is 0 Å². The zero-order chi connectivity index (χ0) is 25.2. The number of hydrogen-bond donors (Lipinski definition) is 0. The molecular weight excluding hydrogens is 477 g/mol. The minimum Gasteiger partial charge on any atom is -0.339 e. The molecule has 7 heteroatoms. The minimum absolute atomic E-state index is 0.0670. The van der Waals surface area contributed by atoms with Gasteiger partial charge in [0.15, 0.2) is 0 Å². The molecule has 36 heavy (non-hydrogen) atoms. The number of amides is 2. The summed E-state index contributed by atoms with van der Waals surface area (Å²) >= 11 is 6.10. The Morgan fingerprint density at radius 1 is 0.889 bits per heavy atom. The first-order valence-corrected chi connectivity index (χ1v) is 13.1. The van der Waals surface area contributed by atoms with E-state index >= 15 is 0 Å². The fraction of sp³-hybridized carbons (Fsp3) is 0.379. The third-order valence-corrected chi connectivity index (χ3v) is 7.77. The molecule has 0 atom stereocenters. The number of carbonyl (C=O) groups excluding carboxylic acids is 2. The number of carbonyl (C=O) groups is 2. The first-order chi connectivity index (χ1) is 17.4. The molecule has 0 spiro atoms. The topological polar surface area (TPSA) is 45.6 Å². The van der Waals surface area contributed by atoms with E-state index in [-0.39, 0.29) is 23.5 Å². The Hall–Kier alpha value is -3.12. The molecule has 5 rings (SSSR count). The lowest BCUT2D eigenvalue weighted by atomic mass is 9.88. The van der Waals surface area contributed by atoms with Crippen LogP contribution < -0.4 is 0 Å². The number of hydrogen-bond acceptors (Lipinski definition) is 2. The first kappa shape index (κ1) is 24.6. The Morgan fingerprint density at radius 3 is 2.22 bits per heavy atom. The van der Waals surface area contributed by atoms with Gasteiger partial charge in [0.1, 0.15) is 5.82 Å². The number of halogens is 2. The first-order valence-electron chi connectivity index (χ1n) is 12.7. The summed E-state index contributed by atoms with van der Waals surface area (Å²) in [5.74, 6) is -0.0114. The van der Waals surface area contributed by atoms with E-state index in [1.807, 2.05) is 45.6 Å². The van der Waals surface area contributed by atoms with Crippen molar-refractivity contribution in [3.63, 3.8) is 0 Å². The fourth-order valence-electron chi connectivity index (χ4n) is 5.51. The summed E-state index contributed by atoms with van der Waals surface area (Å²) < 4.78 is 16.0. The van der Waals surface area contributed by atoms with E-state index in [2.05, 4.69) is 0 Å². The third kappa shape index (κ3) is 4.92. The van der Waals surface area contributed by atoms with Crippen molar-refractivity contribution in [2.75, 3.05) is 26.2 Å². The van der Waals surface area contributed by atoms with Gasteiger partial charge in [-0.05, 0) is 61.7 Å². The van der Waals surface area contributed by atoms with Crippen molar-refractivity contribution in [2.45, 2.75) is 39.0 Å². The van der Waals surface area contributed by atoms with Crippen LogP contribution in [-0.2, 0) is 4.79 Å². The van der Waals surface area contributed by atoms with Crippen LogP contribution in [0.5, 0.6) is 0 Å². The SMILES string of the molecule is Cc1c(C(=O)N2CCN(C(=O)C3CCCCC3)CC2)cc(-c2ccc(Cl)cc2)n1-c1cccc(F)c1. The minimum atomic E-state index is -0.339. The highest BCUT2D eigenvalue weighted by Gasteiger charge is 2.31. The monoisotopic (exact) mass is 507 g/mol. The van der Waals surface area contributed by atoms with E-state index in [0.29, 0.717) is 42.5 Å². The van der Waals surface area contributed by atoms with Crippen molar-refractivity contribution in [2.24, 2.45) is 5.92 Å². The molecule has 0 unspecified atom stereocenters. The number of rotatable bonds is 4. The van der Waals surface area contributed by atoms with Crippen LogP contribution in [0.25, 0.3) is 16.9 Å². The number of benzene rings is 2. The predicted octanol–water partition coefficient (Wildman–Crippen LogP) is 6.11. The number of aromatic nitrogens is 1. The Kier molecular flexibility index (Phi) is 7.15. The van der Waals surface area contributed by atoms with Crippen LogP contribution >= 0.6 is 11.6 Å². The van der Waals surface area contributed by atoms with E-state index < -0.39 is 0 Å². The quantitative estimate of drug-likeness (QED) is 0.427. The standard InChI is InChI=1S/C29H31ClFN3O2/c1-20-26(29(36)33-16-14-32(15-17-33)28(35)22-6-3-2-4-7-22)19-27(21-10-12-23(30)13-11-21)34(20)25-9-5-8-24(31)18-25/h5,8-13,18-19,22H,2-4,6-7,14-17H2,1H3. The van der Waals surface area contributed by atoms with Gasteiger partial charge >= 0.3 is 0 Å². The van der Waals surface area contributed by atoms with Gasteiger partial charge < -0.3 is 14.4 Å². The molecule has 5 nitrogen and oxygen atoms in total. The van der Waals surface area contributed by atoms with Crippen molar-refractivity contribution < 1.29 is 14.0 Å².